The van der Waals surface area contributed by atoms with E-state index in [4.69, 9.17) is 16.2 Å². The van der Waals surface area contributed by atoms with E-state index in [2.05, 4.69) is 34.1 Å². The molecule has 5 N–H and O–H groups in total. The summed E-state index contributed by atoms with van der Waals surface area (Å²) in [4.78, 5) is 35.9. The highest BCUT2D eigenvalue weighted by molar-refractivity contribution is 5.96. The highest BCUT2D eigenvalue weighted by Gasteiger charge is 2.18. The molecule has 0 unspecified atom stereocenters. The van der Waals surface area contributed by atoms with Crippen LogP contribution in [0.25, 0.3) is 0 Å². The zero-order valence-corrected chi connectivity index (χ0v) is 16.4. The molecule has 0 aliphatic heterocycles. The van der Waals surface area contributed by atoms with Gasteiger partial charge in [0.15, 0.2) is 11.5 Å². The molecule has 9 nitrogen and oxygen atoms in total. The molecule has 0 aliphatic carbocycles. The first-order valence-corrected chi connectivity index (χ1v) is 9.13. The number of pyridine rings is 1. The molecule has 2 amide bonds. The fraction of sp³-hybridized carbons (Fsp3) is 0.421. The number of anilines is 2. The number of carbonyl (C=O) groups is 2. The highest BCUT2D eigenvalue weighted by atomic mass is 16.5. The fourth-order valence-corrected chi connectivity index (χ4v) is 2.68. The van der Waals surface area contributed by atoms with Crippen LogP contribution in [0.5, 0.6) is 0 Å². The molecule has 0 spiro atoms. The van der Waals surface area contributed by atoms with Crippen LogP contribution in [-0.2, 0) is 24.0 Å². The number of aryl methyl sites for hydroxylation is 1. The van der Waals surface area contributed by atoms with E-state index in [-0.39, 0.29) is 12.3 Å². The van der Waals surface area contributed by atoms with Crippen LogP contribution in [-0.4, -0.2) is 33.6 Å². The molecule has 2 heterocycles. The van der Waals surface area contributed by atoms with Crippen LogP contribution in [0, 0.1) is 5.92 Å². The Balaban J connectivity index is 2.31. The van der Waals surface area contributed by atoms with Crippen LogP contribution in [0.15, 0.2) is 18.3 Å². The number of carbonyl (C=O) groups excluding carboxylic acids is 2. The third-order valence-electron chi connectivity index (χ3n) is 3.90. The van der Waals surface area contributed by atoms with Gasteiger partial charge in [-0.2, -0.15) is 0 Å². The van der Waals surface area contributed by atoms with Gasteiger partial charge in [-0.1, -0.05) is 20.8 Å². The van der Waals surface area contributed by atoms with Crippen LogP contribution in [0.1, 0.15) is 48.3 Å². The number of ether oxygens (including phenoxy) is 1. The lowest BCUT2D eigenvalue weighted by atomic mass is 10.0. The second-order valence-electron chi connectivity index (χ2n) is 6.71. The van der Waals surface area contributed by atoms with Crippen molar-refractivity contribution in [3.8, 4) is 0 Å². The Morgan fingerprint density at radius 2 is 1.96 bits per heavy atom. The molecule has 2 aromatic rings. The molecule has 0 fully saturated rings. The van der Waals surface area contributed by atoms with Gasteiger partial charge >= 0.3 is 6.09 Å². The summed E-state index contributed by atoms with van der Waals surface area (Å²) in [5, 5.41) is 3.11. The minimum atomic E-state index is -0.829. The quantitative estimate of drug-likeness (QED) is 0.598. The number of primary amides is 2. The van der Waals surface area contributed by atoms with E-state index in [1.165, 1.54) is 0 Å². The first-order chi connectivity index (χ1) is 13.3. The summed E-state index contributed by atoms with van der Waals surface area (Å²) < 4.78 is 4.73. The first-order valence-electron chi connectivity index (χ1n) is 9.13. The second-order valence-corrected chi connectivity index (χ2v) is 6.71. The number of hydrogen-bond acceptors (Lipinski definition) is 7. The molecule has 0 radical (unpaired) electrons. The Morgan fingerprint density at radius 3 is 2.57 bits per heavy atom. The predicted molar refractivity (Wildman–Crippen MR) is 105 cm³/mol. The number of nitrogens with zero attached hydrogens (tertiary/aromatic N) is 3. The monoisotopic (exact) mass is 386 g/mol. The summed E-state index contributed by atoms with van der Waals surface area (Å²) in [7, 11) is 0. The average molecular weight is 386 g/mol. The molecule has 0 bridgehead atoms. The number of amides is 2. The van der Waals surface area contributed by atoms with E-state index < -0.39 is 12.0 Å². The Hall–Kier alpha value is -3.23. The summed E-state index contributed by atoms with van der Waals surface area (Å²) in [5.41, 5.74) is 13.5. The molecule has 0 saturated heterocycles. The third kappa shape index (κ3) is 5.90. The van der Waals surface area contributed by atoms with Crippen molar-refractivity contribution in [3.63, 3.8) is 0 Å². The van der Waals surface area contributed by atoms with Crippen molar-refractivity contribution in [1.82, 2.24) is 15.0 Å². The Labute approximate surface area is 163 Å². The zero-order chi connectivity index (χ0) is 20.7. The summed E-state index contributed by atoms with van der Waals surface area (Å²) in [6.07, 6.45) is 2.59. The molecule has 0 saturated carbocycles. The number of nitrogens with two attached hydrogens (primary N) is 2. The van der Waals surface area contributed by atoms with E-state index >= 15 is 0 Å². The maximum absolute atomic E-state index is 11.9. The average Bonchev–Trinajstić information content (AvgIpc) is 2.61. The van der Waals surface area contributed by atoms with Gasteiger partial charge in [-0.05, 0) is 30.9 Å². The maximum atomic E-state index is 11.9. The summed E-state index contributed by atoms with van der Waals surface area (Å²) in [5.74, 6) is 0.0560. The molecule has 2 aromatic heterocycles. The van der Waals surface area contributed by atoms with Crippen molar-refractivity contribution >= 4 is 23.5 Å². The molecule has 150 valence electrons. The zero-order valence-electron chi connectivity index (χ0n) is 16.4. The Kier molecular flexibility index (Phi) is 7.25. The predicted octanol–water partition coefficient (Wildman–Crippen LogP) is 2.11. The van der Waals surface area contributed by atoms with E-state index in [9.17, 15) is 9.59 Å². The van der Waals surface area contributed by atoms with Gasteiger partial charge in [-0.3, -0.25) is 9.78 Å². The van der Waals surface area contributed by atoms with Crippen molar-refractivity contribution in [2.45, 2.75) is 40.0 Å². The van der Waals surface area contributed by atoms with Crippen LogP contribution < -0.4 is 16.8 Å². The van der Waals surface area contributed by atoms with Gasteiger partial charge in [-0.25, -0.2) is 14.8 Å². The van der Waals surface area contributed by atoms with Crippen molar-refractivity contribution in [3.05, 3.63) is 41.1 Å². The number of aromatic nitrogens is 3. The van der Waals surface area contributed by atoms with E-state index in [0.717, 1.165) is 17.8 Å². The first kappa shape index (κ1) is 21.1. The largest absolute Gasteiger partial charge is 0.449 e. The van der Waals surface area contributed by atoms with Gasteiger partial charge in [0.05, 0.1) is 18.0 Å². The smallest absolute Gasteiger partial charge is 0.404 e. The summed E-state index contributed by atoms with van der Waals surface area (Å²) in [6, 6.07) is 3.51. The van der Waals surface area contributed by atoms with Gasteiger partial charge in [0.1, 0.15) is 0 Å². The third-order valence-corrected chi connectivity index (χ3v) is 3.90. The van der Waals surface area contributed by atoms with Crippen LogP contribution in [0.3, 0.4) is 0 Å². The van der Waals surface area contributed by atoms with E-state index in [1.807, 2.05) is 6.92 Å². The van der Waals surface area contributed by atoms with Gasteiger partial charge in [0.2, 0.25) is 0 Å². The Bertz CT molecular complexity index is 854. The van der Waals surface area contributed by atoms with Crippen LogP contribution in [0.4, 0.5) is 16.3 Å². The highest BCUT2D eigenvalue weighted by Crippen LogP contribution is 2.22. The van der Waals surface area contributed by atoms with E-state index in [1.54, 1.807) is 18.3 Å². The topological polar surface area (TPSA) is 146 Å². The normalized spacial score (nSPS) is 10.7. The second kappa shape index (κ2) is 9.63. The van der Waals surface area contributed by atoms with Gasteiger partial charge < -0.3 is 21.5 Å². The molecular weight excluding hydrogens is 360 g/mol. The molecule has 9 heteroatoms. The molecular formula is C19H26N6O3. The lowest BCUT2D eigenvalue weighted by Gasteiger charge is -2.15. The Morgan fingerprint density at radius 1 is 1.21 bits per heavy atom. The number of hydrogen-bond donors (Lipinski definition) is 3. The minimum Gasteiger partial charge on any atom is -0.449 e. The summed E-state index contributed by atoms with van der Waals surface area (Å²) >= 11 is 0. The lowest BCUT2D eigenvalue weighted by Crippen LogP contribution is -2.19. The maximum Gasteiger partial charge on any atom is 0.404 e. The minimum absolute atomic E-state index is 0.0970. The molecule has 2 rings (SSSR count). The fourth-order valence-electron chi connectivity index (χ4n) is 2.68. The molecule has 28 heavy (non-hydrogen) atoms. The van der Waals surface area contributed by atoms with E-state index in [0.29, 0.717) is 36.0 Å². The SMILES string of the molecule is CCc1nc(C(N)=O)c(Nc2ccnc(CCOC(N)=O)c2)nc1CC(C)C. The lowest BCUT2D eigenvalue weighted by molar-refractivity contribution is 0.0995. The van der Waals surface area contributed by atoms with Crippen molar-refractivity contribution in [1.29, 1.82) is 0 Å². The number of rotatable bonds is 9. The van der Waals surface area contributed by atoms with Gasteiger partial charge in [0, 0.05) is 24.0 Å². The van der Waals surface area contributed by atoms with Crippen LogP contribution >= 0.6 is 0 Å². The van der Waals surface area contributed by atoms with Gasteiger partial charge in [-0.15, -0.1) is 0 Å². The van der Waals surface area contributed by atoms with Crippen molar-refractivity contribution < 1.29 is 14.3 Å². The standard InChI is InChI=1S/C19H26N6O3/c1-4-14-15(9-11(2)3)25-18(16(24-14)17(20)26)23-13-5-7-22-12(10-13)6-8-28-19(21)27/h5,7,10-11H,4,6,8-9H2,1-3H3,(H2,20,26)(H2,21,27)(H,22,23,25). The molecule has 0 atom stereocenters. The van der Waals surface area contributed by atoms with Gasteiger partial charge in [0.25, 0.3) is 5.91 Å². The molecule has 0 aliphatic rings. The summed E-state index contributed by atoms with van der Waals surface area (Å²) in [6.45, 7) is 6.29. The van der Waals surface area contributed by atoms with Crippen LogP contribution in [0.2, 0.25) is 0 Å². The van der Waals surface area contributed by atoms with Crippen molar-refractivity contribution in [2.75, 3.05) is 11.9 Å². The number of nitrogens with one attached hydrogen (secondary N) is 1. The molecule has 0 aromatic carbocycles. The van der Waals surface area contributed by atoms with Crippen molar-refractivity contribution in [2.24, 2.45) is 17.4 Å².